The molecule has 0 amide bonds. The topological polar surface area (TPSA) is 78.6 Å². The van der Waals surface area contributed by atoms with Gasteiger partial charge in [0.2, 0.25) is 5.16 Å². The Morgan fingerprint density at radius 2 is 2.19 bits per heavy atom. The van der Waals surface area contributed by atoms with Crippen LogP contribution in [0, 0.1) is 13.8 Å². The van der Waals surface area contributed by atoms with Gasteiger partial charge in [0.1, 0.15) is 6.61 Å². The first-order valence-electron chi connectivity index (χ1n) is 6.67. The number of rotatable bonds is 7. The Labute approximate surface area is 127 Å². The summed E-state index contributed by atoms with van der Waals surface area (Å²) in [5, 5.41) is 5.02. The second kappa shape index (κ2) is 7.37. The lowest BCUT2D eigenvalue weighted by Crippen LogP contribution is -2.13. The Morgan fingerprint density at radius 1 is 1.38 bits per heavy atom. The van der Waals surface area contributed by atoms with Gasteiger partial charge in [-0.1, -0.05) is 11.8 Å². The van der Waals surface area contributed by atoms with Crippen LogP contribution >= 0.6 is 11.8 Å². The minimum atomic E-state index is -0.344. The molecule has 0 saturated heterocycles. The van der Waals surface area contributed by atoms with Gasteiger partial charge in [-0.15, -0.1) is 5.10 Å². The predicted octanol–water partition coefficient (Wildman–Crippen LogP) is 1.41. The van der Waals surface area contributed by atoms with E-state index in [1.165, 1.54) is 11.8 Å². The van der Waals surface area contributed by atoms with Crippen molar-refractivity contribution in [1.82, 2.24) is 19.6 Å². The summed E-state index contributed by atoms with van der Waals surface area (Å²) in [7, 11) is 0. The molecular weight excluding hydrogens is 292 g/mol. The van der Waals surface area contributed by atoms with Crippen LogP contribution < -0.4 is 0 Å². The van der Waals surface area contributed by atoms with E-state index in [1.807, 2.05) is 19.9 Å². The maximum Gasteiger partial charge on any atom is 0.332 e. The molecule has 2 aromatic heterocycles. The second-order valence-corrected chi connectivity index (χ2v) is 5.41. The highest BCUT2D eigenvalue weighted by Gasteiger charge is 2.08. The molecule has 0 aliphatic rings. The molecule has 8 heteroatoms. The summed E-state index contributed by atoms with van der Waals surface area (Å²) in [6, 6.07) is 1.96. The minimum absolute atomic E-state index is 0.0210. The standard InChI is InChI=1S/C13H18N4O3S/c1-4-20-11(18)8-19-5-6-21-13-15-12-14-9(2)7-10(3)17(12)16-13/h7H,4-6,8H2,1-3H3. The van der Waals surface area contributed by atoms with Crippen LogP contribution in [0.3, 0.4) is 0 Å². The summed E-state index contributed by atoms with van der Waals surface area (Å²) in [5.74, 6) is 0.917. The number of aryl methyl sites for hydroxylation is 2. The van der Waals surface area contributed by atoms with E-state index in [-0.39, 0.29) is 12.6 Å². The van der Waals surface area contributed by atoms with Gasteiger partial charge in [0, 0.05) is 17.1 Å². The number of hydrogen-bond donors (Lipinski definition) is 0. The van der Waals surface area contributed by atoms with Crippen molar-refractivity contribution >= 4 is 23.5 Å². The zero-order valence-electron chi connectivity index (χ0n) is 12.3. The molecule has 0 saturated carbocycles. The van der Waals surface area contributed by atoms with Crippen LogP contribution in [0.25, 0.3) is 5.78 Å². The fraction of sp³-hybridized carbons (Fsp3) is 0.538. The molecule has 0 bridgehead atoms. The molecule has 0 aliphatic carbocycles. The maximum absolute atomic E-state index is 11.1. The molecule has 0 radical (unpaired) electrons. The van der Waals surface area contributed by atoms with E-state index in [4.69, 9.17) is 9.47 Å². The molecule has 0 N–H and O–H groups in total. The SMILES string of the molecule is CCOC(=O)COCCSc1nc2nc(C)cc(C)n2n1. The Kier molecular flexibility index (Phi) is 5.51. The van der Waals surface area contributed by atoms with Crippen LogP contribution in [0.15, 0.2) is 11.2 Å². The molecule has 7 nitrogen and oxygen atoms in total. The average Bonchev–Trinajstić information content (AvgIpc) is 2.81. The lowest BCUT2D eigenvalue weighted by molar-refractivity contribution is -0.148. The maximum atomic E-state index is 11.1. The molecule has 114 valence electrons. The van der Waals surface area contributed by atoms with Crippen molar-refractivity contribution in [2.24, 2.45) is 0 Å². The molecule has 0 spiro atoms. The number of carbonyl (C=O) groups is 1. The van der Waals surface area contributed by atoms with Gasteiger partial charge in [-0.3, -0.25) is 0 Å². The first-order valence-corrected chi connectivity index (χ1v) is 7.66. The molecule has 2 aromatic rings. The third-order valence-corrected chi connectivity index (χ3v) is 3.38. The van der Waals surface area contributed by atoms with Gasteiger partial charge in [-0.25, -0.2) is 14.3 Å². The molecule has 21 heavy (non-hydrogen) atoms. The Hall–Kier alpha value is -1.67. The highest BCUT2D eigenvalue weighted by atomic mass is 32.2. The van der Waals surface area contributed by atoms with E-state index in [0.29, 0.717) is 29.9 Å². The number of nitrogens with zero attached hydrogens (tertiary/aromatic N) is 4. The first kappa shape index (κ1) is 15.7. The van der Waals surface area contributed by atoms with E-state index in [2.05, 4.69) is 15.1 Å². The van der Waals surface area contributed by atoms with Crippen molar-refractivity contribution in [3.05, 3.63) is 17.5 Å². The predicted molar refractivity (Wildman–Crippen MR) is 78.4 cm³/mol. The normalized spacial score (nSPS) is 11.0. The fourth-order valence-electron chi connectivity index (χ4n) is 1.76. The minimum Gasteiger partial charge on any atom is -0.464 e. The highest BCUT2D eigenvalue weighted by Crippen LogP contribution is 2.14. The fourth-order valence-corrected chi connectivity index (χ4v) is 2.43. The Morgan fingerprint density at radius 3 is 2.95 bits per heavy atom. The monoisotopic (exact) mass is 310 g/mol. The summed E-state index contributed by atoms with van der Waals surface area (Å²) in [5.41, 5.74) is 1.91. The highest BCUT2D eigenvalue weighted by molar-refractivity contribution is 7.99. The molecule has 0 aromatic carbocycles. The molecule has 0 unspecified atom stereocenters. The Bertz CT molecular complexity index is 629. The molecule has 2 rings (SSSR count). The van der Waals surface area contributed by atoms with Gasteiger partial charge in [0.25, 0.3) is 5.78 Å². The van der Waals surface area contributed by atoms with E-state index in [0.717, 1.165) is 11.4 Å². The van der Waals surface area contributed by atoms with Gasteiger partial charge in [0.15, 0.2) is 0 Å². The summed E-state index contributed by atoms with van der Waals surface area (Å²) >= 11 is 1.47. The first-order chi connectivity index (χ1) is 10.1. The lowest BCUT2D eigenvalue weighted by Gasteiger charge is -2.02. The summed E-state index contributed by atoms with van der Waals surface area (Å²) in [4.78, 5) is 19.8. The number of thioether (sulfide) groups is 1. The van der Waals surface area contributed by atoms with Crippen LogP contribution in [0.5, 0.6) is 0 Å². The van der Waals surface area contributed by atoms with Gasteiger partial charge in [0.05, 0.1) is 13.2 Å². The average molecular weight is 310 g/mol. The number of carbonyl (C=O) groups excluding carboxylic acids is 1. The van der Waals surface area contributed by atoms with Crippen molar-refractivity contribution in [3.63, 3.8) is 0 Å². The van der Waals surface area contributed by atoms with E-state index in [9.17, 15) is 4.79 Å². The molecule has 0 atom stereocenters. The third-order valence-electron chi connectivity index (χ3n) is 2.58. The van der Waals surface area contributed by atoms with Crippen molar-refractivity contribution in [2.75, 3.05) is 25.6 Å². The number of fused-ring (bicyclic) bond motifs is 1. The van der Waals surface area contributed by atoms with Gasteiger partial charge < -0.3 is 9.47 Å². The van der Waals surface area contributed by atoms with Crippen LogP contribution in [-0.2, 0) is 14.3 Å². The van der Waals surface area contributed by atoms with Crippen LogP contribution in [0.4, 0.5) is 0 Å². The van der Waals surface area contributed by atoms with Gasteiger partial charge in [-0.05, 0) is 26.8 Å². The summed E-state index contributed by atoms with van der Waals surface area (Å²) < 4.78 is 11.7. The van der Waals surface area contributed by atoms with Crippen LogP contribution in [0.2, 0.25) is 0 Å². The Balaban J connectivity index is 1.81. The summed E-state index contributed by atoms with van der Waals surface area (Å²) in [6.07, 6.45) is 0. The van der Waals surface area contributed by atoms with E-state index < -0.39 is 0 Å². The molecular formula is C13H18N4O3S. The lowest BCUT2D eigenvalue weighted by atomic mass is 10.4. The largest absolute Gasteiger partial charge is 0.464 e. The number of aromatic nitrogens is 4. The summed E-state index contributed by atoms with van der Waals surface area (Å²) in [6.45, 7) is 6.44. The van der Waals surface area contributed by atoms with Crippen molar-refractivity contribution < 1.29 is 14.3 Å². The van der Waals surface area contributed by atoms with Crippen LogP contribution in [0.1, 0.15) is 18.3 Å². The second-order valence-electron chi connectivity index (χ2n) is 4.35. The zero-order chi connectivity index (χ0) is 15.2. The number of esters is 1. The molecule has 2 heterocycles. The zero-order valence-corrected chi connectivity index (χ0v) is 13.1. The number of hydrogen-bond acceptors (Lipinski definition) is 7. The van der Waals surface area contributed by atoms with E-state index in [1.54, 1.807) is 11.4 Å². The third kappa shape index (κ3) is 4.40. The smallest absolute Gasteiger partial charge is 0.332 e. The van der Waals surface area contributed by atoms with Crippen LogP contribution in [-0.4, -0.2) is 51.1 Å². The van der Waals surface area contributed by atoms with E-state index >= 15 is 0 Å². The van der Waals surface area contributed by atoms with Crippen molar-refractivity contribution in [1.29, 1.82) is 0 Å². The van der Waals surface area contributed by atoms with Gasteiger partial charge in [-0.2, -0.15) is 4.98 Å². The molecule has 0 fully saturated rings. The number of ether oxygens (including phenoxy) is 2. The quantitative estimate of drug-likeness (QED) is 0.434. The van der Waals surface area contributed by atoms with Crippen molar-refractivity contribution in [2.45, 2.75) is 25.9 Å². The van der Waals surface area contributed by atoms with Gasteiger partial charge >= 0.3 is 5.97 Å². The molecule has 0 aliphatic heterocycles. The van der Waals surface area contributed by atoms with Crippen molar-refractivity contribution in [3.8, 4) is 0 Å².